The number of rotatable bonds is 2. The smallest absolute Gasteiger partial charge is 0.310 e. The highest BCUT2D eigenvalue weighted by Crippen LogP contribution is 2.76. The fourth-order valence-electron chi connectivity index (χ4n) is 11.5. The first-order chi connectivity index (χ1) is 16.2. The van der Waals surface area contributed by atoms with Crippen LogP contribution in [0.25, 0.3) is 0 Å². The zero-order valence-corrected chi connectivity index (χ0v) is 23.5. The second-order valence-corrected chi connectivity index (χ2v) is 14.9. The van der Waals surface area contributed by atoms with E-state index >= 15 is 0 Å². The van der Waals surface area contributed by atoms with Crippen molar-refractivity contribution in [1.29, 1.82) is 0 Å². The molecule has 4 fully saturated rings. The van der Waals surface area contributed by atoms with E-state index in [4.69, 9.17) is 4.74 Å². The van der Waals surface area contributed by atoms with Gasteiger partial charge >= 0.3 is 5.97 Å². The van der Waals surface area contributed by atoms with Crippen LogP contribution >= 0.6 is 0 Å². The van der Waals surface area contributed by atoms with E-state index in [1.807, 2.05) is 7.11 Å². The van der Waals surface area contributed by atoms with E-state index in [2.05, 4.69) is 54.5 Å². The molecule has 4 nitrogen and oxygen atoms in total. The minimum Gasteiger partial charge on any atom is -0.481 e. The third-order valence-electron chi connectivity index (χ3n) is 13.7. The predicted molar refractivity (Wildman–Crippen MR) is 139 cm³/mol. The van der Waals surface area contributed by atoms with Crippen LogP contribution in [-0.4, -0.2) is 35.5 Å². The van der Waals surface area contributed by atoms with Crippen LogP contribution in [-0.2, 0) is 9.53 Å². The molecule has 5 aliphatic carbocycles. The molecule has 0 saturated heterocycles. The van der Waals surface area contributed by atoms with Gasteiger partial charge in [0.25, 0.3) is 0 Å². The fraction of sp³-hybridized carbons (Fsp3) is 0.903. The summed E-state index contributed by atoms with van der Waals surface area (Å²) in [7, 11) is 1.89. The third kappa shape index (κ3) is 3.02. The van der Waals surface area contributed by atoms with Gasteiger partial charge < -0.3 is 14.9 Å². The molecule has 198 valence electrons. The van der Waals surface area contributed by atoms with E-state index < -0.39 is 17.5 Å². The lowest BCUT2D eigenvalue weighted by Crippen LogP contribution is -2.71. The van der Waals surface area contributed by atoms with Gasteiger partial charge in [0, 0.05) is 12.5 Å². The van der Waals surface area contributed by atoms with Gasteiger partial charge in [-0.2, -0.15) is 0 Å². The Bertz CT molecular complexity index is 923. The first-order valence-corrected chi connectivity index (χ1v) is 14.3. The maximum Gasteiger partial charge on any atom is 0.310 e. The van der Waals surface area contributed by atoms with Gasteiger partial charge in [-0.25, -0.2) is 0 Å². The number of ether oxygens (including phenoxy) is 1. The molecule has 0 aromatic rings. The quantitative estimate of drug-likeness (QED) is 0.426. The van der Waals surface area contributed by atoms with Crippen molar-refractivity contribution >= 4 is 5.97 Å². The van der Waals surface area contributed by atoms with Gasteiger partial charge in [0.1, 0.15) is 0 Å². The third-order valence-corrected chi connectivity index (χ3v) is 13.7. The molecule has 0 spiro atoms. The van der Waals surface area contributed by atoms with Gasteiger partial charge in [-0.05, 0) is 104 Å². The number of aliphatic carboxylic acids is 1. The first-order valence-electron chi connectivity index (χ1n) is 14.3. The predicted octanol–water partition coefficient (Wildman–Crippen LogP) is 6.71. The van der Waals surface area contributed by atoms with E-state index in [9.17, 15) is 15.0 Å². The number of fused-ring (bicyclic) bond motifs is 7. The number of allylic oxidation sites excluding steroid dienone is 2. The topological polar surface area (TPSA) is 66.8 Å². The number of methoxy groups -OCH3 is 1. The Balaban J connectivity index is 1.64. The molecule has 4 saturated carbocycles. The van der Waals surface area contributed by atoms with Crippen LogP contribution < -0.4 is 0 Å². The van der Waals surface area contributed by atoms with Crippen molar-refractivity contribution in [3.05, 3.63) is 11.6 Å². The summed E-state index contributed by atoms with van der Waals surface area (Å²) in [5.41, 5.74) is 0.840. The van der Waals surface area contributed by atoms with Crippen LogP contribution in [0.15, 0.2) is 11.6 Å². The van der Waals surface area contributed by atoms with Crippen molar-refractivity contribution in [3.63, 3.8) is 0 Å². The Kier molecular flexibility index (Phi) is 5.76. The zero-order chi connectivity index (χ0) is 25.8. The van der Waals surface area contributed by atoms with Gasteiger partial charge in [-0.1, -0.05) is 53.2 Å². The molecule has 35 heavy (non-hydrogen) atoms. The lowest BCUT2D eigenvalue weighted by molar-refractivity contribution is -0.287. The summed E-state index contributed by atoms with van der Waals surface area (Å²) < 4.78 is 6.25. The van der Waals surface area contributed by atoms with E-state index in [0.717, 1.165) is 25.7 Å². The summed E-state index contributed by atoms with van der Waals surface area (Å²) in [6, 6.07) is 0. The van der Waals surface area contributed by atoms with E-state index in [1.165, 1.54) is 24.8 Å². The maximum absolute atomic E-state index is 12.9. The fourth-order valence-corrected chi connectivity index (χ4v) is 11.5. The Morgan fingerprint density at radius 2 is 1.66 bits per heavy atom. The highest BCUT2D eigenvalue weighted by molar-refractivity contribution is 5.76. The average molecular weight is 487 g/mol. The molecule has 11 atom stereocenters. The number of aliphatic hydroxyl groups excluding tert-OH is 1. The lowest BCUT2D eigenvalue weighted by Gasteiger charge is -2.74. The largest absolute Gasteiger partial charge is 0.481 e. The highest BCUT2D eigenvalue weighted by atomic mass is 16.5. The van der Waals surface area contributed by atoms with Crippen LogP contribution in [0.1, 0.15) is 99.8 Å². The zero-order valence-electron chi connectivity index (χ0n) is 23.5. The summed E-state index contributed by atoms with van der Waals surface area (Å²) in [6.07, 6.45) is 9.61. The summed E-state index contributed by atoms with van der Waals surface area (Å²) in [6.45, 7) is 16.8. The minimum atomic E-state index is -0.740. The lowest BCUT2D eigenvalue weighted by atomic mass is 9.31. The number of carboxylic acids is 1. The Hall–Kier alpha value is -0.870. The summed E-state index contributed by atoms with van der Waals surface area (Å²) >= 11 is 0. The van der Waals surface area contributed by atoms with Crippen LogP contribution in [0.4, 0.5) is 0 Å². The van der Waals surface area contributed by atoms with Crippen molar-refractivity contribution in [2.75, 3.05) is 7.11 Å². The molecule has 0 aliphatic heterocycles. The molecule has 5 rings (SSSR count). The monoisotopic (exact) mass is 486 g/mol. The first kappa shape index (κ1) is 25.8. The van der Waals surface area contributed by atoms with Crippen LogP contribution in [0, 0.1) is 56.7 Å². The van der Waals surface area contributed by atoms with E-state index in [-0.39, 0.29) is 45.5 Å². The molecule has 0 heterocycles. The molecule has 0 amide bonds. The molecular formula is C31H50O4. The molecule has 1 unspecified atom stereocenters. The van der Waals surface area contributed by atoms with E-state index in [0.29, 0.717) is 18.3 Å². The van der Waals surface area contributed by atoms with Gasteiger partial charge in [0.2, 0.25) is 0 Å². The van der Waals surface area contributed by atoms with Gasteiger partial charge in [0.05, 0.1) is 17.6 Å². The number of aliphatic hydroxyl groups is 1. The van der Waals surface area contributed by atoms with Gasteiger partial charge in [0.15, 0.2) is 0 Å². The standard InChI is InChI=1S/C31H50O4/c1-18-9-14-31(26(33)34)16-15-29(6)25(24(31)19(18)2)20(32)17-22-28(29,5)13-10-21-27(3,4)12-11-23(35-8)30(21,22)7/h9,19-25,32H,10-17H2,1-8H3,(H,33,34)/t19-,20+,21-,22-,23?,24-,25+,28+,29+,30-,31-/m0/s1. The molecular weight excluding hydrogens is 436 g/mol. The second-order valence-electron chi connectivity index (χ2n) is 14.9. The average Bonchev–Trinajstić information content (AvgIpc) is 2.78. The Morgan fingerprint density at radius 1 is 0.971 bits per heavy atom. The summed E-state index contributed by atoms with van der Waals surface area (Å²) in [5, 5.41) is 22.7. The molecule has 5 aliphatic rings. The normalized spacial score (nSPS) is 55.0. The molecule has 4 heteroatoms. The molecule has 0 radical (unpaired) electrons. The van der Waals surface area contributed by atoms with Crippen molar-refractivity contribution in [3.8, 4) is 0 Å². The highest BCUT2D eigenvalue weighted by Gasteiger charge is 2.73. The number of hydrogen-bond acceptors (Lipinski definition) is 3. The SMILES string of the molecule is COC1CCC(C)(C)[C@@H]2CC[C@]3(C)[C@H](C[C@@H](O)[C@@H]4[C@@H]5[C@@H](C)C(C)=CC[C@]5(C(=O)O)CC[C@]43C)[C@@]12C. The number of carbonyl (C=O) groups is 1. The number of hydrogen-bond donors (Lipinski definition) is 2. The van der Waals surface area contributed by atoms with E-state index in [1.54, 1.807) is 0 Å². The van der Waals surface area contributed by atoms with Crippen LogP contribution in [0.3, 0.4) is 0 Å². The molecule has 0 aromatic heterocycles. The van der Waals surface area contributed by atoms with Gasteiger partial charge in [-0.3, -0.25) is 4.79 Å². The molecule has 2 N–H and O–H groups in total. The Labute approximate surface area is 213 Å². The van der Waals surface area contributed by atoms with Gasteiger partial charge in [-0.15, -0.1) is 0 Å². The molecule has 0 aromatic carbocycles. The molecule has 0 bridgehead atoms. The van der Waals surface area contributed by atoms with Crippen molar-refractivity contribution in [1.82, 2.24) is 0 Å². The Morgan fingerprint density at radius 3 is 2.29 bits per heavy atom. The summed E-state index contributed by atoms with van der Waals surface area (Å²) in [4.78, 5) is 12.9. The number of carboxylic acid groups (broad SMARTS) is 1. The van der Waals surface area contributed by atoms with Crippen LogP contribution in [0.5, 0.6) is 0 Å². The summed E-state index contributed by atoms with van der Waals surface area (Å²) in [5.74, 6) is 0.505. The minimum absolute atomic E-state index is 0.0110. The maximum atomic E-state index is 12.9. The van der Waals surface area contributed by atoms with Crippen LogP contribution in [0.2, 0.25) is 0 Å². The van der Waals surface area contributed by atoms with Crippen molar-refractivity contribution in [2.45, 2.75) is 112 Å². The van der Waals surface area contributed by atoms with Crippen molar-refractivity contribution in [2.24, 2.45) is 56.7 Å². The second kappa shape index (κ2) is 7.82. The van der Waals surface area contributed by atoms with Crippen molar-refractivity contribution < 1.29 is 19.7 Å².